The van der Waals surface area contributed by atoms with Crippen LogP contribution in [0.2, 0.25) is 0 Å². The van der Waals surface area contributed by atoms with Gasteiger partial charge in [0, 0.05) is 33.7 Å². The molecule has 6 aromatic heterocycles. The van der Waals surface area contributed by atoms with Crippen molar-refractivity contribution in [1.29, 1.82) is 0 Å². The fourth-order valence-electron chi connectivity index (χ4n) is 3.64. The minimum atomic E-state index is -1.08. The number of fused-ring (bicyclic) bond motifs is 2. The maximum atomic E-state index is 11.4. The van der Waals surface area contributed by atoms with Gasteiger partial charge in [-0.25, -0.2) is 24.1 Å². The van der Waals surface area contributed by atoms with E-state index in [-0.39, 0.29) is 11.4 Å². The Balaban J connectivity index is 0.000000155. The number of amides is 1. The first-order chi connectivity index (χ1) is 18.3. The van der Waals surface area contributed by atoms with Gasteiger partial charge in [-0.05, 0) is 68.3 Å². The molecule has 38 heavy (non-hydrogen) atoms. The molecule has 0 aliphatic heterocycles. The summed E-state index contributed by atoms with van der Waals surface area (Å²) in [4.78, 5) is 39.2. The van der Waals surface area contributed by atoms with Crippen LogP contribution in [0, 0.1) is 0 Å². The molecule has 6 aromatic rings. The van der Waals surface area contributed by atoms with Gasteiger partial charge in [0.25, 0.3) is 5.91 Å². The topological polar surface area (TPSA) is 168 Å². The molecule has 0 aromatic carbocycles. The number of nitrogens with two attached hydrogens (primary N) is 1. The van der Waals surface area contributed by atoms with E-state index in [2.05, 4.69) is 62.0 Å². The van der Waals surface area contributed by atoms with Crippen molar-refractivity contribution in [3.05, 3.63) is 93.9 Å². The Morgan fingerprint density at radius 1 is 0.763 bits per heavy atom. The molecule has 6 heterocycles. The summed E-state index contributed by atoms with van der Waals surface area (Å²) >= 11 is 6.66. The van der Waals surface area contributed by atoms with Crippen LogP contribution in [-0.2, 0) is 0 Å². The zero-order chi connectivity index (χ0) is 26.8. The summed E-state index contributed by atoms with van der Waals surface area (Å²) in [6.07, 6.45) is 9.76. The minimum Gasteiger partial charge on any atom is -0.476 e. The summed E-state index contributed by atoms with van der Waals surface area (Å²) in [5, 5.41) is 18.6. The van der Waals surface area contributed by atoms with Gasteiger partial charge in [0.2, 0.25) is 0 Å². The van der Waals surface area contributed by atoms with Crippen LogP contribution < -0.4 is 5.73 Å². The van der Waals surface area contributed by atoms with Crippen molar-refractivity contribution in [2.75, 3.05) is 0 Å². The summed E-state index contributed by atoms with van der Waals surface area (Å²) in [6, 6.07) is 10.5. The summed E-state index contributed by atoms with van der Waals surface area (Å²) in [5.74, 6) is -1.67. The average molecular weight is 637 g/mol. The van der Waals surface area contributed by atoms with Crippen molar-refractivity contribution in [2.24, 2.45) is 5.73 Å². The highest BCUT2D eigenvalue weighted by atomic mass is 79.9. The molecule has 1 amide bonds. The second-order valence-electron chi connectivity index (χ2n) is 7.66. The van der Waals surface area contributed by atoms with Crippen molar-refractivity contribution in [2.45, 2.75) is 0 Å². The molecule has 14 heteroatoms. The van der Waals surface area contributed by atoms with E-state index in [1.54, 1.807) is 72.2 Å². The Bertz CT molecular complexity index is 1700. The van der Waals surface area contributed by atoms with Crippen molar-refractivity contribution < 1.29 is 14.7 Å². The maximum Gasteiger partial charge on any atom is 0.357 e. The number of carboxylic acid groups (broad SMARTS) is 1. The molecule has 0 unspecified atom stereocenters. The van der Waals surface area contributed by atoms with E-state index in [9.17, 15) is 9.59 Å². The van der Waals surface area contributed by atoms with Crippen LogP contribution in [0.5, 0.6) is 0 Å². The highest BCUT2D eigenvalue weighted by Crippen LogP contribution is 2.22. The van der Waals surface area contributed by atoms with Crippen LogP contribution in [0.25, 0.3) is 33.4 Å². The molecule has 0 saturated heterocycles. The summed E-state index contributed by atoms with van der Waals surface area (Å²) in [5.41, 5.74) is 7.90. The van der Waals surface area contributed by atoms with Gasteiger partial charge in [-0.1, -0.05) is 0 Å². The molecule has 0 radical (unpaired) electrons. The zero-order valence-electron chi connectivity index (χ0n) is 19.1. The molecule has 6 rings (SSSR count). The normalized spacial score (nSPS) is 10.8. The highest BCUT2D eigenvalue weighted by molar-refractivity contribution is 9.10. The number of carbonyl (C=O) groups excluding carboxylic acids is 1. The van der Waals surface area contributed by atoms with Gasteiger partial charge >= 0.3 is 5.97 Å². The fraction of sp³-hybridized carbons (Fsp3) is 0. The van der Waals surface area contributed by atoms with Gasteiger partial charge in [0.05, 0.1) is 34.5 Å². The number of aromatic carboxylic acids is 1. The van der Waals surface area contributed by atoms with E-state index < -0.39 is 11.9 Å². The number of halogens is 2. The van der Waals surface area contributed by atoms with Gasteiger partial charge in [-0.15, -0.1) is 0 Å². The van der Waals surface area contributed by atoms with Gasteiger partial charge in [-0.3, -0.25) is 14.8 Å². The van der Waals surface area contributed by atoms with E-state index in [1.807, 2.05) is 6.07 Å². The third kappa shape index (κ3) is 4.86. The number of carbonyl (C=O) groups is 2. The molecule has 3 N–H and O–H groups in total. The largest absolute Gasteiger partial charge is 0.476 e. The number of aromatic nitrogens is 8. The first-order valence-electron chi connectivity index (χ1n) is 10.8. The Labute approximate surface area is 230 Å². The number of hydrogen-bond acceptors (Lipinski definition) is 8. The zero-order valence-corrected chi connectivity index (χ0v) is 22.3. The Kier molecular flexibility index (Phi) is 6.89. The lowest BCUT2D eigenvalue weighted by molar-refractivity contribution is 0.0691. The summed E-state index contributed by atoms with van der Waals surface area (Å²) < 4.78 is 4.61. The number of primary amides is 1. The number of rotatable bonds is 4. The molecule has 0 bridgehead atoms. The van der Waals surface area contributed by atoms with Crippen LogP contribution in [-0.4, -0.2) is 56.5 Å². The van der Waals surface area contributed by atoms with E-state index in [0.29, 0.717) is 33.4 Å². The smallest absolute Gasteiger partial charge is 0.357 e. The highest BCUT2D eigenvalue weighted by Gasteiger charge is 2.18. The molecule has 0 atom stereocenters. The van der Waals surface area contributed by atoms with E-state index in [4.69, 9.17) is 10.8 Å². The third-order valence-corrected chi connectivity index (χ3v) is 6.06. The lowest BCUT2D eigenvalue weighted by atomic mass is 10.2. The first-order valence-corrected chi connectivity index (χ1v) is 12.3. The molecule has 12 nitrogen and oxygen atoms in total. The molecule has 0 aliphatic rings. The lowest BCUT2D eigenvalue weighted by Crippen LogP contribution is -2.12. The predicted octanol–water partition coefficient (Wildman–Crippen LogP) is 3.95. The molecule has 0 fully saturated rings. The number of nitrogens with zero attached hydrogens (tertiary/aromatic N) is 8. The van der Waals surface area contributed by atoms with Crippen molar-refractivity contribution in [3.8, 4) is 11.4 Å². The Morgan fingerprint density at radius 3 is 1.68 bits per heavy atom. The van der Waals surface area contributed by atoms with Crippen LogP contribution >= 0.6 is 31.9 Å². The monoisotopic (exact) mass is 635 g/mol. The number of hydrogen-bond donors (Lipinski definition) is 2. The maximum absolute atomic E-state index is 11.4. The van der Waals surface area contributed by atoms with E-state index >= 15 is 0 Å². The van der Waals surface area contributed by atoms with E-state index in [0.717, 1.165) is 8.95 Å². The number of carboxylic acids is 1. The molecule has 0 saturated carbocycles. The van der Waals surface area contributed by atoms with Gasteiger partial charge < -0.3 is 10.8 Å². The Morgan fingerprint density at radius 2 is 1.24 bits per heavy atom. The molecule has 188 valence electrons. The van der Waals surface area contributed by atoms with Crippen molar-refractivity contribution in [3.63, 3.8) is 0 Å². The molecular weight excluding hydrogens is 622 g/mol. The van der Waals surface area contributed by atoms with Crippen LogP contribution in [0.3, 0.4) is 0 Å². The molecule has 0 spiro atoms. The molecule has 0 aliphatic carbocycles. The quantitative estimate of drug-likeness (QED) is 0.291. The van der Waals surface area contributed by atoms with Gasteiger partial charge in [-0.2, -0.15) is 10.2 Å². The van der Waals surface area contributed by atoms with Crippen LogP contribution in [0.4, 0.5) is 0 Å². The van der Waals surface area contributed by atoms with Crippen molar-refractivity contribution in [1.82, 2.24) is 39.5 Å². The number of pyridine rings is 4. The standard InChI is InChI=1S/C12H8BrN5O.C12H7BrN4O2/c13-7-4-8(6-15-5-7)18-12-9(2-1-3-16-12)10(17-18)11(14)19;13-7-4-8(6-14-5-7)17-11-9(2-1-3-15-11)10(16-17)12(18)19/h1-6H,(H2,14,19);1-6H,(H,18,19). The Hall–Kier alpha value is -4.56. The average Bonchev–Trinajstić information content (AvgIpc) is 3.49. The third-order valence-electron chi connectivity index (χ3n) is 5.19. The fourth-order valence-corrected chi connectivity index (χ4v) is 4.34. The van der Waals surface area contributed by atoms with Gasteiger partial charge in [0.1, 0.15) is 0 Å². The minimum absolute atomic E-state index is 0.0249. The second kappa shape index (κ2) is 10.4. The molecular formula is C24H15Br2N9O3. The summed E-state index contributed by atoms with van der Waals surface area (Å²) in [7, 11) is 0. The predicted molar refractivity (Wildman–Crippen MR) is 144 cm³/mol. The summed E-state index contributed by atoms with van der Waals surface area (Å²) in [6.45, 7) is 0. The lowest BCUT2D eigenvalue weighted by Gasteiger charge is -2.01. The first kappa shape index (κ1) is 25.1. The van der Waals surface area contributed by atoms with Crippen molar-refractivity contribution >= 4 is 65.8 Å². The second-order valence-corrected chi connectivity index (χ2v) is 9.49. The van der Waals surface area contributed by atoms with Crippen LogP contribution in [0.15, 0.2) is 82.5 Å². The van der Waals surface area contributed by atoms with Crippen LogP contribution in [0.1, 0.15) is 21.0 Å². The van der Waals surface area contributed by atoms with E-state index in [1.165, 1.54) is 4.68 Å². The SMILES string of the molecule is NC(=O)c1nn(-c2cncc(Br)c2)c2ncccc12.O=C(O)c1nn(-c2cncc(Br)c2)c2ncccc12. The van der Waals surface area contributed by atoms with Gasteiger partial charge in [0.15, 0.2) is 22.7 Å².